The second-order valence-corrected chi connectivity index (χ2v) is 8.97. The third-order valence-corrected chi connectivity index (χ3v) is 6.60. The lowest BCUT2D eigenvalue weighted by Gasteiger charge is -2.21. The number of anilines is 2. The van der Waals surface area contributed by atoms with E-state index < -0.39 is 15.9 Å². The number of aromatic nitrogens is 2. The molecule has 0 aliphatic carbocycles. The van der Waals surface area contributed by atoms with Crippen LogP contribution in [0.4, 0.5) is 11.5 Å². The van der Waals surface area contributed by atoms with E-state index in [1.54, 1.807) is 37.4 Å². The Kier molecular flexibility index (Phi) is 6.04. The molecule has 8 nitrogen and oxygen atoms in total. The van der Waals surface area contributed by atoms with Gasteiger partial charge in [-0.15, -0.1) is 0 Å². The summed E-state index contributed by atoms with van der Waals surface area (Å²) < 4.78 is 33.6. The van der Waals surface area contributed by atoms with Gasteiger partial charge in [-0.1, -0.05) is 29.3 Å². The zero-order valence-corrected chi connectivity index (χ0v) is 18.5. The number of rotatable bonds is 6. The summed E-state index contributed by atoms with van der Waals surface area (Å²) in [5.41, 5.74) is 1.47. The second kappa shape index (κ2) is 8.37. The molecule has 1 heterocycles. The van der Waals surface area contributed by atoms with Crippen molar-refractivity contribution in [2.75, 3.05) is 23.8 Å². The maximum Gasteiger partial charge on any atom is 0.265 e. The molecule has 1 amide bonds. The van der Waals surface area contributed by atoms with Gasteiger partial charge in [0.15, 0.2) is 5.82 Å². The molecule has 1 aromatic heterocycles. The predicted molar refractivity (Wildman–Crippen MR) is 116 cm³/mol. The molecule has 0 radical (unpaired) electrons. The first-order valence-electron chi connectivity index (χ1n) is 8.87. The molecule has 1 N–H and O–H groups in total. The van der Waals surface area contributed by atoms with E-state index in [1.165, 1.54) is 37.2 Å². The summed E-state index contributed by atoms with van der Waals surface area (Å²) in [6.45, 7) is 1.87. The number of nitrogens with zero attached hydrogens (tertiary/aromatic N) is 3. The highest BCUT2D eigenvalue weighted by Crippen LogP contribution is 2.29. The Balaban J connectivity index is 1.93. The summed E-state index contributed by atoms with van der Waals surface area (Å²) in [7, 11) is 0.550. The van der Waals surface area contributed by atoms with Crippen LogP contribution < -0.4 is 14.4 Å². The van der Waals surface area contributed by atoms with Crippen LogP contribution in [0.5, 0.6) is 5.75 Å². The van der Waals surface area contributed by atoms with Crippen molar-refractivity contribution >= 4 is 39.0 Å². The number of ether oxygens (including phenoxy) is 1. The van der Waals surface area contributed by atoms with Crippen LogP contribution in [-0.2, 0) is 17.1 Å². The third kappa shape index (κ3) is 4.12. The van der Waals surface area contributed by atoms with E-state index in [1.807, 2.05) is 6.92 Å². The molecule has 30 heavy (non-hydrogen) atoms. The lowest BCUT2D eigenvalue weighted by atomic mass is 10.2. The summed E-state index contributed by atoms with van der Waals surface area (Å²) >= 11 is 6.10. The number of amides is 1. The number of nitrogens with one attached hydrogen (secondary N) is 1. The molecule has 0 aliphatic rings. The lowest BCUT2D eigenvalue weighted by molar-refractivity contribution is 0.102. The van der Waals surface area contributed by atoms with E-state index >= 15 is 0 Å². The minimum absolute atomic E-state index is 0.0997. The maximum absolute atomic E-state index is 13.1. The first kappa shape index (κ1) is 21.7. The minimum Gasteiger partial charge on any atom is -0.495 e. The summed E-state index contributed by atoms with van der Waals surface area (Å²) in [4.78, 5) is 13.0. The number of carbonyl (C=O) groups is 1. The number of aryl methyl sites for hydroxylation is 2. The first-order valence-corrected chi connectivity index (χ1v) is 10.7. The van der Waals surface area contributed by atoms with Crippen LogP contribution in [0, 0.1) is 6.92 Å². The van der Waals surface area contributed by atoms with E-state index in [9.17, 15) is 13.2 Å². The number of sulfonamides is 1. The van der Waals surface area contributed by atoms with Crippen molar-refractivity contribution < 1.29 is 17.9 Å². The zero-order valence-electron chi connectivity index (χ0n) is 16.9. The van der Waals surface area contributed by atoms with Crippen molar-refractivity contribution in [1.29, 1.82) is 0 Å². The normalized spacial score (nSPS) is 11.2. The molecule has 0 fully saturated rings. The van der Waals surface area contributed by atoms with Gasteiger partial charge in [0.1, 0.15) is 11.3 Å². The zero-order chi connectivity index (χ0) is 22.1. The van der Waals surface area contributed by atoms with Crippen molar-refractivity contribution in [2.45, 2.75) is 11.8 Å². The highest BCUT2D eigenvalue weighted by molar-refractivity contribution is 7.92. The maximum atomic E-state index is 13.1. The number of carbonyl (C=O) groups excluding carboxylic acids is 1. The molecular weight excluding hydrogens is 428 g/mol. The molecule has 0 aliphatic heterocycles. The lowest BCUT2D eigenvalue weighted by Crippen LogP contribution is -2.30. The molecule has 0 unspecified atom stereocenters. The topological polar surface area (TPSA) is 93.5 Å². The van der Waals surface area contributed by atoms with E-state index in [-0.39, 0.29) is 16.3 Å². The molecule has 10 heteroatoms. The number of halogens is 1. The molecule has 0 atom stereocenters. The molecule has 3 rings (SSSR count). The Morgan fingerprint density at radius 3 is 2.47 bits per heavy atom. The van der Waals surface area contributed by atoms with Crippen LogP contribution in [0.2, 0.25) is 5.02 Å². The summed E-state index contributed by atoms with van der Waals surface area (Å²) in [6, 6.07) is 11.3. The monoisotopic (exact) mass is 448 g/mol. The third-order valence-electron chi connectivity index (χ3n) is 4.54. The van der Waals surface area contributed by atoms with Crippen molar-refractivity contribution in [3.8, 4) is 5.75 Å². The van der Waals surface area contributed by atoms with Gasteiger partial charge < -0.3 is 10.1 Å². The molecule has 0 saturated carbocycles. The second-order valence-electron chi connectivity index (χ2n) is 6.59. The van der Waals surface area contributed by atoms with Crippen LogP contribution in [0.3, 0.4) is 0 Å². The number of benzene rings is 2. The van der Waals surface area contributed by atoms with Crippen LogP contribution in [0.1, 0.15) is 15.9 Å². The summed E-state index contributed by atoms with van der Waals surface area (Å²) in [5.74, 6) is 0.0821. The van der Waals surface area contributed by atoms with Gasteiger partial charge in [0.05, 0.1) is 23.2 Å². The minimum atomic E-state index is -3.89. The number of hydrogen-bond acceptors (Lipinski definition) is 5. The number of hydrogen-bond donors (Lipinski definition) is 1. The Morgan fingerprint density at radius 2 is 1.87 bits per heavy atom. The molecule has 0 bridgehead atoms. The Hall–Kier alpha value is -3.04. The Bertz CT molecular complexity index is 1190. The fourth-order valence-corrected chi connectivity index (χ4v) is 4.39. The first-order chi connectivity index (χ1) is 14.1. The highest BCUT2D eigenvalue weighted by atomic mass is 35.5. The van der Waals surface area contributed by atoms with Gasteiger partial charge in [-0.3, -0.25) is 13.8 Å². The fourth-order valence-electron chi connectivity index (χ4n) is 2.89. The van der Waals surface area contributed by atoms with E-state index in [4.69, 9.17) is 16.3 Å². The van der Waals surface area contributed by atoms with Crippen molar-refractivity contribution in [1.82, 2.24) is 9.78 Å². The van der Waals surface area contributed by atoms with Gasteiger partial charge in [0, 0.05) is 19.8 Å². The quantitative estimate of drug-likeness (QED) is 0.623. The van der Waals surface area contributed by atoms with Crippen LogP contribution >= 0.6 is 11.6 Å². The Labute approximate surface area is 180 Å². The van der Waals surface area contributed by atoms with Gasteiger partial charge in [-0.05, 0) is 37.3 Å². The highest BCUT2D eigenvalue weighted by Gasteiger charge is 2.28. The van der Waals surface area contributed by atoms with Crippen LogP contribution in [0.25, 0.3) is 0 Å². The molecule has 0 spiro atoms. The van der Waals surface area contributed by atoms with Crippen LogP contribution in [-0.4, -0.2) is 38.3 Å². The van der Waals surface area contributed by atoms with E-state index in [2.05, 4.69) is 10.4 Å². The fraction of sp³-hybridized carbons (Fsp3) is 0.200. The molecular formula is C20H21ClN4O4S. The predicted octanol–water partition coefficient (Wildman–Crippen LogP) is 3.47. The summed E-state index contributed by atoms with van der Waals surface area (Å²) in [5, 5.41) is 7.11. The standard InChI is InChI=1S/C20H21ClN4O4S/c1-13-5-8-15(9-6-13)30(27,28)25(3)20-16(12-22-24(20)2)19(26)23-14-7-10-18(29-4)17(21)11-14/h5-12H,1-4H3,(H,23,26). The van der Waals surface area contributed by atoms with Crippen LogP contribution in [0.15, 0.2) is 53.6 Å². The van der Waals surface area contributed by atoms with Gasteiger partial charge in [0.2, 0.25) is 0 Å². The number of methoxy groups -OCH3 is 1. The summed E-state index contributed by atoms with van der Waals surface area (Å²) in [6.07, 6.45) is 1.32. The van der Waals surface area contributed by atoms with Gasteiger partial charge in [-0.25, -0.2) is 8.42 Å². The average molecular weight is 449 g/mol. The average Bonchev–Trinajstić information content (AvgIpc) is 3.09. The van der Waals surface area contributed by atoms with Crippen molar-refractivity contribution in [2.24, 2.45) is 7.05 Å². The largest absolute Gasteiger partial charge is 0.495 e. The molecule has 158 valence electrons. The molecule has 2 aromatic carbocycles. The van der Waals surface area contributed by atoms with Gasteiger partial charge >= 0.3 is 0 Å². The van der Waals surface area contributed by atoms with Gasteiger partial charge in [-0.2, -0.15) is 5.10 Å². The Morgan fingerprint density at radius 1 is 1.20 bits per heavy atom. The van der Waals surface area contributed by atoms with E-state index in [0.717, 1.165) is 9.87 Å². The smallest absolute Gasteiger partial charge is 0.265 e. The van der Waals surface area contributed by atoms with Gasteiger partial charge in [0.25, 0.3) is 15.9 Å². The SMILES string of the molecule is COc1ccc(NC(=O)c2cnn(C)c2N(C)S(=O)(=O)c2ccc(C)cc2)cc1Cl. The molecule has 3 aromatic rings. The van der Waals surface area contributed by atoms with Crippen molar-refractivity contribution in [3.63, 3.8) is 0 Å². The van der Waals surface area contributed by atoms with Crippen molar-refractivity contribution in [3.05, 3.63) is 64.8 Å². The molecule has 0 saturated heterocycles. The van der Waals surface area contributed by atoms with E-state index in [0.29, 0.717) is 16.5 Å².